The van der Waals surface area contributed by atoms with Crippen LogP contribution in [0.5, 0.6) is 0 Å². The van der Waals surface area contributed by atoms with Gasteiger partial charge in [-0.15, -0.1) is 0 Å². The molecule has 0 spiro atoms. The van der Waals surface area contributed by atoms with E-state index in [1.807, 2.05) is 11.7 Å². The van der Waals surface area contributed by atoms with Crippen molar-refractivity contribution < 1.29 is 9.42 Å². The molecule has 0 fully saturated rings. The Morgan fingerprint density at radius 1 is 1.58 bits per heavy atom. The van der Waals surface area contributed by atoms with Gasteiger partial charge in [0.25, 0.3) is 5.91 Å². The van der Waals surface area contributed by atoms with Crippen molar-refractivity contribution in [1.82, 2.24) is 25.4 Å². The molecule has 3 rings (SSSR count). The zero-order chi connectivity index (χ0) is 13.4. The number of amides is 1. The largest absolute Gasteiger partial charge is 0.379 e. The van der Waals surface area contributed by atoms with E-state index in [1.54, 1.807) is 6.20 Å². The first kappa shape index (κ1) is 11.7. The Kier molecular flexibility index (Phi) is 2.69. The molecule has 0 saturated heterocycles. The summed E-state index contributed by atoms with van der Waals surface area (Å²) in [4.78, 5) is 12.0. The first-order valence-corrected chi connectivity index (χ1v) is 6.06. The quantitative estimate of drug-likeness (QED) is 0.799. The lowest BCUT2D eigenvalue weighted by molar-refractivity contribution is 0.0923. The summed E-state index contributed by atoms with van der Waals surface area (Å²) in [7, 11) is 1.91. The Bertz CT molecular complexity index is 616. The number of anilines is 1. The van der Waals surface area contributed by atoms with Crippen molar-refractivity contribution in [2.75, 3.05) is 5.73 Å². The van der Waals surface area contributed by atoms with Crippen molar-refractivity contribution >= 4 is 11.7 Å². The van der Waals surface area contributed by atoms with Crippen LogP contribution in [0, 0.1) is 0 Å². The Balaban J connectivity index is 1.82. The Morgan fingerprint density at radius 3 is 3.16 bits per heavy atom. The minimum atomic E-state index is -0.375. The van der Waals surface area contributed by atoms with Crippen molar-refractivity contribution in [2.24, 2.45) is 7.05 Å². The SMILES string of the molecule is Cn1ncc2c1CCCC2NC(=O)c1nonc1N. The van der Waals surface area contributed by atoms with Crippen LogP contribution in [-0.2, 0) is 13.5 Å². The van der Waals surface area contributed by atoms with Crippen LogP contribution in [0.15, 0.2) is 10.8 Å². The van der Waals surface area contributed by atoms with Crippen molar-refractivity contribution in [3.8, 4) is 0 Å². The molecule has 2 aromatic heterocycles. The van der Waals surface area contributed by atoms with E-state index in [-0.39, 0.29) is 23.5 Å². The predicted molar refractivity (Wildman–Crippen MR) is 65.1 cm³/mol. The Morgan fingerprint density at radius 2 is 2.42 bits per heavy atom. The van der Waals surface area contributed by atoms with E-state index in [9.17, 15) is 4.79 Å². The fourth-order valence-corrected chi connectivity index (χ4v) is 2.44. The van der Waals surface area contributed by atoms with Crippen LogP contribution < -0.4 is 11.1 Å². The third-order valence-electron chi connectivity index (χ3n) is 3.41. The average Bonchev–Trinajstić information content (AvgIpc) is 2.97. The number of rotatable bonds is 2. The first-order chi connectivity index (χ1) is 9.16. The summed E-state index contributed by atoms with van der Waals surface area (Å²) in [6.07, 6.45) is 4.65. The highest BCUT2D eigenvalue weighted by Gasteiger charge is 2.26. The number of fused-ring (bicyclic) bond motifs is 1. The molecule has 0 saturated carbocycles. The van der Waals surface area contributed by atoms with Crippen molar-refractivity contribution in [3.05, 3.63) is 23.1 Å². The minimum absolute atomic E-state index is 0.000260. The third-order valence-corrected chi connectivity index (χ3v) is 3.41. The molecular weight excluding hydrogens is 248 g/mol. The van der Waals surface area contributed by atoms with E-state index in [4.69, 9.17) is 5.73 Å². The van der Waals surface area contributed by atoms with Gasteiger partial charge in [-0.05, 0) is 29.6 Å². The van der Waals surface area contributed by atoms with Crippen LogP contribution in [0.25, 0.3) is 0 Å². The summed E-state index contributed by atoms with van der Waals surface area (Å²) in [6, 6.07) is -0.0685. The number of nitrogens with one attached hydrogen (secondary N) is 1. The fourth-order valence-electron chi connectivity index (χ4n) is 2.44. The molecule has 0 aromatic carbocycles. The van der Waals surface area contributed by atoms with Gasteiger partial charge in [-0.3, -0.25) is 9.48 Å². The van der Waals surface area contributed by atoms with Gasteiger partial charge in [0.2, 0.25) is 11.5 Å². The Hall–Kier alpha value is -2.38. The van der Waals surface area contributed by atoms with Gasteiger partial charge < -0.3 is 11.1 Å². The van der Waals surface area contributed by atoms with Gasteiger partial charge in [0.1, 0.15) is 0 Å². The number of nitrogen functional groups attached to an aromatic ring is 1. The second-order valence-corrected chi connectivity index (χ2v) is 4.59. The average molecular weight is 262 g/mol. The molecule has 0 bridgehead atoms. The highest BCUT2D eigenvalue weighted by Crippen LogP contribution is 2.29. The molecule has 2 heterocycles. The summed E-state index contributed by atoms with van der Waals surface area (Å²) in [5.41, 5.74) is 7.73. The van der Waals surface area contributed by atoms with Gasteiger partial charge in [-0.1, -0.05) is 0 Å². The van der Waals surface area contributed by atoms with Crippen molar-refractivity contribution in [2.45, 2.75) is 25.3 Å². The number of hydrogen-bond acceptors (Lipinski definition) is 6. The molecule has 19 heavy (non-hydrogen) atoms. The van der Waals surface area contributed by atoms with E-state index >= 15 is 0 Å². The van der Waals surface area contributed by atoms with E-state index < -0.39 is 0 Å². The summed E-state index contributed by atoms with van der Waals surface area (Å²) in [5, 5.41) is 14.0. The standard InChI is InChI=1S/C11H14N6O2/c1-17-8-4-2-3-7(6(8)5-13-17)14-11(18)9-10(12)16-19-15-9/h5,7H,2-4H2,1H3,(H2,12,16)(H,14,18). The van der Waals surface area contributed by atoms with Crippen LogP contribution in [0.3, 0.4) is 0 Å². The van der Waals surface area contributed by atoms with Gasteiger partial charge in [-0.25, -0.2) is 4.63 Å². The predicted octanol–water partition coefficient (Wildman–Crippen LogP) is 0.193. The maximum Gasteiger partial charge on any atom is 0.277 e. The molecule has 1 unspecified atom stereocenters. The van der Waals surface area contributed by atoms with Gasteiger partial charge in [0.15, 0.2) is 0 Å². The van der Waals surface area contributed by atoms with E-state index in [2.05, 4.69) is 25.4 Å². The van der Waals surface area contributed by atoms with E-state index in [0.717, 1.165) is 30.5 Å². The van der Waals surface area contributed by atoms with Gasteiger partial charge in [-0.2, -0.15) is 5.10 Å². The number of nitrogens with two attached hydrogens (primary N) is 1. The second-order valence-electron chi connectivity index (χ2n) is 4.59. The molecule has 1 atom stereocenters. The van der Waals surface area contributed by atoms with Gasteiger partial charge in [0.05, 0.1) is 12.2 Å². The minimum Gasteiger partial charge on any atom is -0.379 e. The normalized spacial score (nSPS) is 18.1. The van der Waals surface area contributed by atoms with Gasteiger partial charge in [0, 0.05) is 18.3 Å². The molecule has 1 aliphatic rings. The highest BCUT2D eigenvalue weighted by molar-refractivity contribution is 5.96. The van der Waals surface area contributed by atoms with Crippen LogP contribution in [0.4, 0.5) is 5.82 Å². The number of aryl methyl sites for hydroxylation is 1. The first-order valence-electron chi connectivity index (χ1n) is 6.06. The maximum atomic E-state index is 12.0. The van der Waals surface area contributed by atoms with Crippen LogP contribution in [0.1, 0.15) is 40.6 Å². The van der Waals surface area contributed by atoms with E-state index in [0.29, 0.717) is 0 Å². The zero-order valence-corrected chi connectivity index (χ0v) is 10.5. The maximum absolute atomic E-state index is 12.0. The molecule has 3 N–H and O–H groups in total. The molecule has 0 aliphatic heterocycles. The molecule has 1 amide bonds. The molecule has 8 nitrogen and oxygen atoms in total. The number of hydrogen-bond donors (Lipinski definition) is 2. The summed E-state index contributed by atoms with van der Waals surface area (Å²) in [5.74, 6) is -0.375. The number of carbonyl (C=O) groups is 1. The van der Waals surface area contributed by atoms with Crippen LogP contribution >= 0.6 is 0 Å². The molecule has 2 aromatic rings. The smallest absolute Gasteiger partial charge is 0.277 e. The number of nitrogens with zero attached hydrogens (tertiary/aromatic N) is 4. The summed E-state index contributed by atoms with van der Waals surface area (Å²) >= 11 is 0. The van der Waals surface area contributed by atoms with Crippen LogP contribution in [-0.4, -0.2) is 26.0 Å². The number of carbonyl (C=O) groups excluding carboxylic acids is 1. The zero-order valence-electron chi connectivity index (χ0n) is 10.5. The topological polar surface area (TPSA) is 112 Å². The highest BCUT2D eigenvalue weighted by atomic mass is 16.6. The third kappa shape index (κ3) is 1.94. The van der Waals surface area contributed by atoms with E-state index in [1.165, 1.54) is 0 Å². The van der Waals surface area contributed by atoms with Crippen molar-refractivity contribution in [3.63, 3.8) is 0 Å². The molecule has 0 radical (unpaired) electrons. The lowest BCUT2D eigenvalue weighted by Gasteiger charge is -2.23. The van der Waals surface area contributed by atoms with Gasteiger partial charge >= 0.3 is 0 Å². The lowest BCUT2D eigenvalue weighted by atomic mass is 9.93. The summed E-state index contributed by atoms with van der Waals surface area (Å²) < 4.78 is 6.27. The molecule has 8 heteroatoms. The molecule has 100 valence electrons. The van der Waals surface area contributed by atoms with Crippen LogP contribution in [0.2, 0.25) is 0 Å². The second kappa shape index (κ2) is 4.38. The number of aromatic nitrogens is 4. The Labute approximate surface area is 108 Å². The lowest BCUT2D eigenvalue weighted by Crippen LogP contribution is -2.31. The monoisotopic (exact) mass is 262 g/mol. The summed E-state index contributed by atoms with van der Waals surface area (Å²) in [6.45, 7) is 0. The fraction of sp³-hybridized carbons (Fsp3) is 0.455. The molecular formula is C11H14N6O2. The molecule has 1 aliphatic carbocycles. The van der Waals surface area contributed by atoms with Crippen molar-refractivity contribution in [1.29, 1.82) is 0 Å².